The minimum Gasteiger partial charge on any atom is -0.484 e. The maximum absolute atomic E-state index is 12.2. The molecule has 1 heterocycles. The Kier molecular flexibility index (Phi) is 6.45. The van der Waals surface area contributed by atoms with Gasteiger partial charge in [0.2, 0.25) is 0 Å². The molecular formula is C21H18ClNO5. The molecule has 1 amide bonds. The number of cyclic esters (lactones) is 1. The number of nitrogens with one attached hydrogen (secondary N) is 1. The summed E-state index contributed by atoms with van der Waals surface area (Å²) in [6, 6.07) is 13.0. The summed E-state index contributed by atoms with van der Waals surface area (Å²) < 4.78 is 10.2. The number of hydrogen-bond donors (Lipinski definition) is 1. The summed E-state index contributed by atoms with van der Waals surface area (Å²) in [6.07, 6.45) is 3.62. The molecule has 2 aromatic rings. The molecule has 0 radical (unpaired) electrons. The summed E-state index contributed by atoms with van der Waals surface area (Å²) in [5.74, 6) is -0.556. The summed E-state index contributed by atoms with van der Waals surface area (Å²) in [5.41, 5.74) is 1.32. The summed E-state index contributed by atoms with van der Waals surface area (Å²) in [5, 5.41) is 3.16. The highest BCUT2D eigenvalue weighted by atomic mass is 35.5. The summed E-state index contributed by atoms with van der Waals surface area (Å²) in [7, 11) is 0. The van der Waals surface area contributed by atoms with E-state index >= 15 is 0 Å². The molecular weight excluding hydrogens is 382 g/mol. The van der Waals surface area contributed by atoms with Crippen molar-refractivity contribution >= 4 is 35.3 Å². The topological polar surface area (TPSA) is 81.7 Å². The molecule has 1 aliphatic rings. The predicted molar refractivity (Wildman–Crippen MR) is 104 cm³/mol. The Balaban J connectivity index is 1.50. The van der Waals surface area contributed by atoms with Crippen molar-refractivity contribution in [3.63, 3.8) is 0 Å². The third kappa shape index (κ3) is 5.44. The number of esters is 1. The van der Waals surface area contributed by atoms with Crippen molar-refractivity contribution in [1.82, 2.24) is 5.32 Å². The van der Waals surface area contributed by atoms with E-state index in [2.05, 4.69) is 5.32 Å². The average molecular weight is 400 g/mol. The highest BCUT2D eigenvalue weighted by Crippen LogP contribution is 2.15. The molecule has 1 aliphatic heterocycles. The van der Waals surface area contributed by atoms with Crippen LogP contribution in [0.15, 0.2) is 54.6 Å². The third-order valence-corrected chi connectivity index (χ3v) is 4.29. The van der Waals surface area contributed by atoms with E-state index in [9.17, 15) is 14.4 Å². The van der Waals surface area contributed by atoms with E-state index in [0.717, 1.165) is 5.56 Å². The van der Waals surface area contributed by atoms with Gasteiger partial charge in [-0.15, -0.1) is 0 Å². The summed E-state index contributed by atoms with van der Waals surface area (Å²) in [4.78, 5) is 35.4. The molecule has 0 saturated carbocycles. The van der Waals surface area contributed by atoms with Crippen LogP contribution >= 0.6 is 11.6 Å². The number of halogens is 1. The molecule has 28 heavy (non-hydrogen) atoms. The lowest BCUT2D eigenvalue weighted by molar-refractivity contribution is -0.141. The van der Waals surface area contributed by atoms with Gasteiger partial charge in [-0.2, -0.15) is 0 Å². The van der Waals surface area contributed by atoms with Crippen molar-refractivity contribution in [3.8, 4) is 5.75 Å². The first-order chi connectivity index (χ1) is 13.5. The Morgan fingerprint density at radius 1 is 1.21 bits per heavy atom. The molecule has 1 N–H and O–H groups in total. The number of hydrogen-bond acceptors (Lipinski definition) is 5. The van der Waals surface area contributed by atoms with Gasteiger partial charge in [-0.3, -0.25) is 9.59 Å². The van der Waals surface area contributed by atoms with Gasteiger partial charge in [0.05, 0.1) is 6.61 Å². The highest BCUT2D eigenvalue weighted by Gasteiger charge is 2.27. The Morgan fingerprint density at radius 2 is 2.00 bits per heavy atom. The number of allylic oxidation sites excluding steroid dienone is 1. The van der Waals surface area contributed by atoms with Gasteiger partial charge in [-0.25, -0.2) is 4.79 Å². The van der Waals surface area contributed by atoms with Crippen molar-refractivity contribution in [2.75, 3.05) is 13.2 Å². The van der Waals surface area contributed by atoms with Crippen LogP contribution in [0.3, 0.4) is 0 Å². The van der Waals surface area contributed by atoms with Crippen LogP contribution < -0.4 is 10.1 Å². The zero-order valence-corrected chi connectivity index (χ0v) is 15.6. The van der Waals surface area contributed by atoms with Gasteiger partial charge in [0.25, 0.3) is 5.91 Å². The smallest absolute Gasteiger partial charge is 0.328 e. The van der Waals surface area contributed by atoms with Gasteiger partial charge in [-0.05, 0) is 48.0 Å². The highest BCUT2D eigenvalue weighted by molar-refractivity contribution is 6.30. The molecule has 3 rings (SSSR count). The number of carbonyl (C=O) groups excluding carboxylic acids is 3. The SMILES string of the molecule is O=C(COc1ccc(C(=O)/C=C/c2cccc(Cl)c2)cc1)N[C@H]1CCOC1=O. The van der Waals surface area contributed by atoms with Crippen LogP contribution in [0, 0.1) is 0 Å². The molecule has 6 nitrogen and oxygen atoms in total. The van der Waals surface area contributed by atoms with Crippen LogP contribution in [0.25, 0.3) is 6.08 Å². The van der Waals surface area contributed by atoms with Crippen molar-refractivity contribution < 1.29 is 23.9 Å². The maximum Gasteiger partial charge on any atom is 0.328 e. The second kappa shape index (κ2) is 9.19. The van der Waals surface area contributed by atoms with Gasteiger partial charge in [0, 0.05) is 17.0 Å². The molecule has 7 heteroatoms. The molecule has 0 unspecified atom stereocenters. The second-order valence-corrected chi connectivity index (χ2v) is 6.58. The standard InChI is InChI=1S/C21H18ClNO5/c22-16-3-1-2-14(12-16)4-9-19(24)15-5-7-17(8-6-15)28-13-20(25)23-18-10-11-27-21(18)26/h1-9,12,18H,10-11,13H2,(H,23,25)/b9-4+/t18-/m0/s1. The fourth-order valence-corrected chi connectivity index (χ4v) is 2.80. The first kappa shape index (κ1) is 19.6. The van der Waals surface area contributed by atoms with Gasteiger partial charge in [-0.1, -0.05) is 29.8 Å². The molecule has 0 spiro atoms. The van der Waals surface area contributed by atoms with E-state index in [4.69, 9.17) is 21.1 Å². The van der Waals surface area contributed by atoms with Crippen LogP contribution in [0.1, 0.15) is 22.3 Å². The van der Waals surface area contributed by atoms with E-state index in [1.54, 1.807) is 42.5 Å². The first-order valence-corrected chi connectivity index (χ1v) is 9.06. The first-order valence-electron chi connectivity index (χ1n) is 8.68. The van der Waals surface area contributed by atoms with Gasteiger partial charge in [0.15, 0.2) is 12.4 Å². The maximum atomic E-state index is 12.2. The molecule has 144 valence electrons. The molecule has 0 aromatic heterocycles. The summed E-state index contributed by atoms with van der Waals surface area (Å²) >= 11 is 5.92. The lowest BCUT2D eigenvalue weighted by atomic mass is 10.1. The predicted octanol–water partition coefficient (Wildman–Crippen LogP) is 3.05. The largest absolute Gasteiger partial charge is 0.484 e. The van der Waals surface area contributed by atoms with Crippen molar-refractivity contribution in [3.05, 3.63) is 70.8 Å². The zero-order chi connectivity index (χ0) is 19.9. The van der Waals surface area contributed by atoms with Crippen LogP contribution in [0.2, 0.25) is 5.02 Å². The van der Waals surface area contributed by atoms with Crippen LogP contribution in [-0.4, -0.2) is 36.9 Å². The normalized spacial score (nSPS) is 16.0. The second-order valence-electron chi connectivity index (χ2n) is 6.14. The molecule has 1 fully saturated rings. The minimum absolute atomic E-state index is 0.163. The molecule has 2 aromatic carbocycles. The molecule has 1 atom stereocenters. The van der Waals surface area contributed by atoms with E-state index in [-0.39, 0.29) is 12.4 Å². The number of rotatable bonds is 7. The van der Waals surface area contributed by atoms with Crippen LogP contribution in [0.4, 0.5) is 0 Å². The number of ketones is 1. The fraction of sp³-hybridized carbons (Fsp3) is 0.190. The Hall–Kier alpha value is -3.12. The number of benzene rings is 2. The number of ether oxygens (including phenoxy) is 2. The van der Waals surface area contributed by atoms with Crippen molar-refractivity contribution in [2.45, 2.75) is 12.5 Å². The lowest BCUT2D eigenvalue weighted by Crippen LogP contribution is -2.40. The van der Waals surface area contributed by atoms with E-state index in [0.29, 0.717) is 29.4 Å². The Labute approximate surface area is 167 Å². The van der Waals surface area contributed by atoms with Gasteiger partial charge >= 0.3 is 5.97 Å². The van der Waals surface area contributed by atoms with Crippen LogP contribution in [-0.2, 0) is 14.3 Å². The fourth-order valence-electron chi connectivity index (χ4n) is 2.61. The van der Waals surface area contributed by atoms with E-state index < -0.39 is 17.9 Å². The van der Waals surface area contributed by atoms with E-state index in [1.807, 2.05) is 12.1 Å². The van der Waals surface area contributed by atoms with Gasteiger partial charge < -0.3 is 14.8 Å². The molecule has 1 saturated heterocycles. The number of amides is 1. The van der Waals surface area contributed by atoms with Gasteiger partial charge in [0.1, 0.15) is 11.8 Å². The van der Waals surface area contributed by atoms with Crippen molar-refractivity contribution in [2.24, 2.45) is 0 Å². The molecule has 0 aliphatic carbocycles. The third-order valence-electron chi connectivity index (χ3n) is 4.06. The van der Waals surface area contributed by atoms with Crippen LogP contribution in [0.5, 0.6) is 5.75 Å². The Bertz CT molecular complexity index is 907. The molecule has 0 bridgehead atoms. The minimum atomic E-state index is -0.609. The number of carbonyl (C=O) groups is 3. The lowest BCUT2D eigenvalue weighted by Gasteiger charge is -2.10. The average Bonchev–Trinajstić information content (AvgIpc) is 3.09. The van der Waals surface area contributed by atoms with Crippen molar-refractivity contribution in [1.29, 1.82) is 0 Å². The summed E-state index contributed by atoms with van der Waals surface area (Å²) in [6.45, 7) is 0.0810. The monoisotopic (exact) mass is 399 g/mol. The Morgan fingerprint density at radius 3 is 2.68 bits per heavy atom. The van der Waals surface area contributed by atoms with E-state index in [1.165, 1.54) is 6.08 Å². The quantitative estimate of drug-likeness (QED) is 0.439. The zero-order valence-electron chi connectivity index (χ0n) is 14.9.